The summed E-state index contributed by atoms with van der Waals surface area (Å²) in [4.78, 5) is 32.6. The number of carbonyl (C=O) groups is 2. The van der Waals surface area contributed by atoms with E-state index in [4.69, 9.17) is 4.84 Å². The molecule has 0 unspecified atom stereocenters. The summed E-state index contributed by atoms with van der Waals surface area (Å²) < 4.78 is 0. The molecule has 110 valence electrons. The van der Waals surface area contributed by atoms with E-state index < -0.39 is 5.41 Å². The standard InChI is InChI=1S/C13H25N3O3/c1-13(2,3)12(18)19-16-8-6-15(7-9-16)11(17)10-14(4)5/h6-10H2,1-5H3. The first kappa shape index (κ1) is 15.9. The summed E-state index contributed by atoms with van der Waals surface area (Å²) in [5.41, 5.74) is -0.502. The number of likely N-dealkylation sites (N-methyl/N-ethyl adjacent to an activating group) is 1. The molecule has 0 aromatic rings. The summed E-state index contributed by atoms with van der Waals surface area (Å²) in [5, 5.41) is 1.65. The Balaban J connectivity index is 2.37. The average molecular weight is 271 g/mol. The Kier molecular flexibility index (Phi) is 5.31. The van der Waals surface area contributed by atoms with E-state index in [-0.39, 0.29) is 11.9 Å². The molecule has 0 radical (unpaired) electrons. The van der Waals surface area contributed by atoms with Crippen molar-refractivity contribution in [2.24, 2.45) is 5.41 Å². The second-order valence-electron chi connectivity index (χ2n) is 6.18. The number of rotatable bonds is 3. The number of piperazine rings is 1. The Morgan fingerprint density at radius 1 is 1.11 bits per heavy atom. The molecule has 0 aromatic heterocycles. The van der Waals surface area contributed by atoms with Gasteiger partial charge in [0.05, 0.1) is 25.0 Å². The Hall–Kier alpha value is -1.14. The zero-order valence-corrected chi connectivity index (χ0v) is 12.6. The van der Waals surface area contributed by atoms with Crippen LogP contribution in [-0.4, -0.2) is 73.6 Å². The summed E-state index contributed by atoms with van der Waals surface area (Å²) in [6.07, 6.45) is 0. The summed E-state index contributed by atoms with van der Waals surface area (Å²) in [7, 11) is 3.75. The van der Waals surface area contributed by atoms with Crippen LogP contribution in [0.3, 0.4) is 0 Å². The molecule has 1 heterocycles. The van der Waals surface area contributed by atoms with Gasteiger partial charge in [0.1, 0.15) is 0 Å². The number of nitrogens with zero attached hydrogens (tertiary/aromatic N) is 3. The minimum absolute atomic E-state index is 0.117. The second-order valence-corrected chi connectivity index (χ2v) is 6.18. The predicted octanol–water partition coefficient (Wildman–Crippen LogP) is 0.197. The van der Waals surface area contributed by atoms with Crippen LogP contribution < -0.4 is 0 Å². The van der Waals surface area contributed by atoms with Crippen molar-refractivity contribution < 1.29 is 14.4 Å². The van der Waals surface area contributed by atoms with Crippen LogP contribution in [0.15, 0.2) is 0 Å². The average Bonchev–Trinajstić information content (AvgIpc) is 2.27. The zero-order valence-electron chi connectivity index (χ0n) is 12.6. The van der Waals surface area contributed by atoms with E-state index in [1.807, 2.05) is 39.8 Å². The van der Waals surface area contributed by atoms with Gasteiger partial charge in [-0.3, -0.25) is 4.79 Å². The topological polar surface area (TPSA) is 53.1 Å². The normalized spacial score (nSPS) is 17.7. The van der Waals surface area contributed by atoms with Crippen molar-refractivity contribution in [2.45, 2.75) is 20.8 Å². The van der Waals surface area contributed by atoms with Gasteiger partial charge in [0.2, 0.25) is 5.91 Å². The molecule has 1 amide bonds. The molecule has 0 saturated carbocycles. The van der Waals surface area contributed by atoms with Gasteiger partial charge in [0.15, 0.2) is 0 Å². The maximum atomic E-state index is 11.9. The highest BCUT2D eigenvalue weighted by molar-refractivity contribution is 5.78. The van der Waals surface area contributed by atoms with Crippen LogP contribution in [-0.2, 0) is 14.4 Å². The van der Waals surface area contributed by atoms with Gasteiger partial charge in [-0.2, -0.15) is 0 Å². The van der Waals surface area contributed by atoms with Crippen LogP contribution in [0.5, 0.6) is 0 Å². The molecule has 1 aliphatic rings. The third-order valence-corrected chi connectivity index (χ3v) is 2.87. The maximum Gasteiger partial charge on any atom is 0.330 e. The van der Waals surface area contributed by atoms with Crippen molar-refractivity contribution in [1.29, 1.82) is 0 Å². The van der Waals surface area contributed by atoms with E-state index in [0.29, 0.717) is 32.7 Å². The summed E-state index contributed by atoms with van der Waals surface area (Å²) in [6, 6.07) is 0. The van der Waals surface area contributed by atoms with E-state index in [1.54, 1.807) is 9.96 Å². The molecule has 1 rings (SSSR count). The predicted molar refractivity (Wildman–Crippen MR) is 72.3 cm³/mol. The molecule has 1 saturated heterocycles. The van der Waals surface area contributed by atoms with E-state index in [1.165, 1.54) is 0 Å². The van der Waals surface area contributed by atoms with E-state index in [9.17, 15) is 9.59 Å². The molecule has 0 aromatic carbocycles. The van der Waals surface area contributed by atoms with E-state index in [2.05, 4.69) is 0 Å². The van der Waals surface area contributed by atoms with Gasteiger partial charge in [-0.15, -0.1) is 5.06 Å². The van der Waals surface area contributed by atoms with Gasteiger partial charge in [-0.1, -0.05) is 0 Å². The minimum Gasteiger partial charge on any atom is -0.367 e. The van der Waals surface area contributed by atoms with Crippen LogP contribution >= 0.6 is 0 Å². The Morgan fingerprint density at radius 3 is 2.05 bits per heavy atom. The van der Waals surface area contributed by atoms with Crippen LogP contribution in [0.25, 0.3) is 0 Å². The third kappa shape index (κ3) is 5.16. The highest BCUT2D eigenvalue weighted by Gasteiger charge is 2.28. The van der Waals surface area contributed by atoms with Crippen molar-refractivity contribution in [3.63, 3.8) is 0 Å². The first-order valence-electron chi connectivity index (χ1n) is 6.60. The summed E-state index contributed by atoms with van der Waals surface area (Å²) in [6.45, 7) is 8.24. The highest BCUT2D eigenvalue weighted by Crippen LogP contribution is 2.16. The van der Waals surface area contributed by atoms with Crippen LogP contribution in [0.4, 0.5) is 0 Å². The van der Waals surface area contributed by atoms with Crippen molar-refractivity contribution >= 4 is 11.9 Å². The number of hydrogen-bond donors (Lipinski definition) is 0. The molecular weight excluding hydrogens is 246 g/mol. The minimum atomic E-state index is -0.502. The van der Waals surface area contributed by atoms with Gasteiger partial charge in [-0.25, -0.2) is 4.79 Å². The largest absolute Gasteiger partial charge is 0.367 e. The van der Waals surface area contributed by atoms with Gasteiger partial charge >= 0.3 is 5.97 Å². The highest BCUT2D eigenvalue weighted by atomic mass is 16.7. The SMILES string of the molecule is CN(C)CC(=O)N1CCN(OC(=O)C(C)(C)C)CC1. The first-order valence-corrected chi connectivity index (χ1v) is 6.60. The van der Waals surface area contributed by atoms with Gasteiger partial charge in [0.25, 0.3) is 0 Å². The van der Waals surface area contributed by atoms with E-state index >= 15 is 0 Å². The Morgan fingerprint density at radius 2 is 1.63 bits per heavy atom. The number of hydrogen-bond acceptors (Lipinski definition) is 5. The molecule has 1 aliphatic heterocycles. The lowest BCUT2D eigenvalue weighted by molar-refractivity contribution is -0.207. The van der Waals surface area contributed by atoms with Crippen LogP contribution in [0.2, 0.25) is 0 Å². The fourth-order valence-electron chi connectivity index (χ4n) is 1.65. The maximum absolute atomic E-state index is 11.9. The Labute approximate surface area is 115 Å². The van der Waals surface area contributed by atoms with Gasteiger partial charge in [-0.05, 0) is 34.9 Å². The summed E-state index contributed by atoms with van der Waals surface area (Å²) >= 11 is 0. The molecule has 0 aliphatic carbocycles. The molecule has 0 atom stereocenters. The quantitative estimate of drug-likeness (QED) is 0.734. The fourth-order valence-corrected chi connectivity index (χ4v) is 1.65. The smallest absolute Gasteiger partial charge is 0.330 e. The number of amides is 1. The zero-order chi connectivity index (χ0) is 14.6. The number of hydroxylamine groups is 2. The third-order valence-electron chi connectivity index (χ3n) is 2.87. The first-order chi connectivity index (χ1) is 8.70. The van der Waals surface area contributed by atoms with Crippen molar-refractivity contribution in [1.82, 2.24) is 14.9 Å². The lowest BCUT2D eigenvalue weighted by Crippen LogP contribution is -2.51. The molecule has 0 spiro atoms. The summed E-state index contributed by atoms with van der Waals surface area (Å²) in [5.74, 6) is -0.118. The molecule has 6 heteroatoms. The Bertz CT molecular complexity index is 329. The van der Waals surface area contributed by atoms with Gasteiger partial charge in [0, 0.05) is 13.1 Å². The molecule has 6 nitrogen and oxygen atoms in total. The molecule has 1 fully saturated rings. The van der Waals surface area contributed by atoms with Crippen molar-refractivity contribution in [3.8, 4) is 0 Å². The van der Waals surface area contributed by atoms with Crippen molar-refractivity contribution in [3.05, 3.63) is 0 Å². The lowest BCUT2D eigenvalue weighted by atomic mass is 9.98. The molecule has 0 bridgehead atoms. The van der Waals surface area contributed by atoms with Crippen LogP contribution in [0, 0.1) is 5.41 Å². The van der Waals surface area contributed by atoms with Crippen molar-refractivity contribution in [2.75, 3.05) is 46.8 Å². The molecule has 0 N–H and O–H groups in total. The fraction of sp³-hybridized carbons (Fsp3) is 0.846. The van der Waals surface area contributed by atoms with E-state index in [0.717, 1.165) is 0 Å². The number of carbonyl (C=O) groups excluding carboxylic acids is 2. The van der Waals surface area contributed by atoms with Gasteiger partial charge < -0.3 is 14.6 Å². The lowest BCUT2D eigenvalue weighted by Gasteiger charge is -2.34. The molecule has 19 heavy (non-hydrogen) atoms. The molecular formula is C13H25N3O3. The second kappa shape index (κ2) is 6.34. The van der Waals surface area contributed by atoms with Crippen LogP contribution in [0.1, 0.15) is 20.8 Å². The monoisotopic (exact) mass is 271 g/mol.